The van der Waals surface area contributed by atoms with E-state index >= 15 is 0 Å². The SMILES string of the molecule is COc1cc(CN(C)CN2C(=O)N[C@]3(CCCC[C@H]3C)C2=O)ccc1OC(F)F. The van der Waals surface area contributed by atoms with Crippen molar-refractivity contribution in [3.05, 3.63) is 23.8 Å². The van der Waals surface area contributed by atoms with Crippen LogP contribution in [0.1, 0.15) is 38.2 Å². The van der Waals surface area contributed by atoms with E-state index in [4.69, 9.17) is 4.74 Å². The molecule has 1 spiro atoms. The lowest BCUT2D eigenvalue weighted by Gasteiger charge is -2.37. The Kier molecular flexibility index (Phi) is 6.26. The number of nitrogens with one attached hydrogen (secondary N) is 1. The molecule has 1 aliphatic heterocycles. The van der Waals surface area contributed by atoms with Crippen molar-refractivity contribution in [1.29, 1.82) is 0 Å². The molecule has 0 aromatic heterocycles. The largest absolute Gasteiger partial charge is 0.493 e. The van der Waals surface area contributed by atoms with Crippen molar-refractivity contribution in [3.8, 4) is 11.5 Å². The number of rotatable bonds is 7. The highest BCUT2D eigenvalue weighted by molar-refractivity contribution is 6.07. The van der Waals surface area contributed by atoms with Crippen LogP contribution in [0.5, 0.6) is 11.5 Å². The van der Waals surface area contributed by atoms with Gasteiger partial charge >= 0.3 is 12.6 Å². The van der Waals surface area contributed by atoms with Crippen LogP contribution < -0.4 is 14.8 Å². The summed E-state index contributed by atoms with van der Waals surface area (Å²) in [7, 11) is 3.16. The monoisotopic (exact) mass is 411 g/mol. The van der Waals surface area contributed by atoms with Crippen LogP contribution in [0.4, 0.5) is 13.6 Å². The van der Waals surface area contributed by atoms with Crippen LogP contribution in [-0.4, -0.2) is 54.7 Å². The maximum Gasteiger partial charge on any atom is 0.387 e. The second-order valence-corrected chi connectivity index (χ2v) is 7.80. The minimum atomic E-state index is -2.94. The smallest absolute Gasteiger partial charge is 0.387 e. The van der Waals surface area contributed by atoms with Gasteiger partial charge in [0, 0.05) is 6.54 Å². The van der Waals surface area contributed by atoms with Crippen molar-refractivity contribution < 1.29 is 27.8 Å². The fraction of sp³-hybridized carbons (Fsp3) is 0.600. The van der Waals surface area contributed by atoms with Crippen molar-refractivity contribution >= 4 is 11.9 Å². The van der Waals surface area contributed by atoms with E-state index in [1.807, 2.05) is 11.8 Å². The summed E-state index contributed by atoms with van der Waals surface area (Å²) in [4.78, 5) is 28.6. The number of hydrogen-bond acceptors (Lipinski definition) is 5. The van der Waals surface area contributed by atoms with E-state index < -0.39 is 12.2 Å². The first-order chi connectivity index (χ1) is 13.8. The molecule has 1 aromatic rings. The molecule has 29 heavy (non-hydrogen) atoms. The minimum absolute atomic E-state index is 0.0452. The van der Waals surface area contributed by atoms with Crippen molar-refractivity contribution in [2.45, 2.75) is 51.3 Å². The van der Waals surface area contributed by atoms with Crippen LogP contribution in [-0.2, 0) is 11.3 Å². The molecule has 3 amide bonds. The molecule has 1 aliphatic carbocycles. The van der Waals surface area contributed by atoms with Crippen molar-refractivity contribution in [2.24, 2.45) is 5.92 Å². The van der Waals surface area contributed by atoms with Gasteiger partial charge in [-0.2, -0.15) is 8.78 Å². The summed E-state index contributed by atoms with van der Waals surface area (Å²) in [5, 5.41) is 2.94. The van der Waals surface area contributed by atoms with E-state index in [1.54, 1.807) is 19.2 Å². The molecule has 3 rings (SSSR count). The standard InChI is InChI=1S/C20H27F2N3O4/c1-13-6-4-5-9-20(13)17(26)25(19(27)23-20)12-24(2)11-14-7-8-15(29-18(21)22)16(10-14)28-3/h7-8,10,13,18H,4-6,9,11-12H2,1-3H3,(H,23,27)/t13-,20+/m1/s1. The van der Waals surface area contributed by atoms with Gasteiger partial charge in [0.1, 0.15) is 5.54 Å². The van der Waals surface area contributed by atoms with Gasteiger partial charge in [-0.05, 0) is 43.5 Å². The molecule has 7 nitrogen and oxygen atoms in total. The number of alkyl halides is 2. The Balaban J connectivity index is 1.67. The molecule has 2 aliphatic rings. The number of carbonyl (C=O) groups excluding carboxylic acids is 2. The predicted molar refractivity (Wildman–Crippen MR) is 102 cm³/mol. The number of hydrogen-bond donors (Lipinski definition) is 1. The lowest BCUT2D eigenvalue weighted by Crippen LogP contribution is -2.54. The molecule has 9 heteroatoms. The third kappa shape index (κ3) is 4.29. The summed E-state index contributed by atoms with van der Waals surface area (Å²) in [6.07, 6.45) is 3.58. The fourth-order valence-electron chi connectivity index (χ4n) is 4.23. The second kappa shape index (κ2) is 8.52. The fourth-order valence-corrected chi connectivity index (χ4v) is 4.23. The third-order valence-corrected chi connectivity index (χ3v) is 5.78. The summed E-state index contributed by atoms with van der Waals surface area (Å²) in [5.74, 6) is 0.0897. The van der Waals surface area contributed by atoms with E-state index in [0.717, 1.165) is 24.8 Å². The average Bonchev–Trinajstić information content (AvgIpc) is 2.90. The van der Waals surface area contributed by atoms with Gasteiger partial charge in [-0.3, -0.25) is 9.69 Å². The Morgan fingerprint density at radius 1 is 1.31 bits per heavy atom. The normalized spacial score (nSPS) is 24.5. The Labute approximate surface area is 168 Å². The van der Waals surface area contributed by atoms with Gasteiger partial charge in [0.05, 0.1) is 13.8 Å². The third-order valence-electron chi connectivity index (χ3n) is 5.78. The van der Waals surface area contributed by atoms with Crippen LogP contribution in [0.3, 0.4) is 0 Å². The lowest BCUT2D eigenvalue weighted by molar-refractivity contribution is -0.135. The van der Waals surface area contributed by atoms with Crippen molar-refractivity contribution in [3.63, 3.8) is 0 Å². The number of urea groups is 1. The van der Waals surface area contributed by atoms with E-state index in [0.29, 0.717) is 13.0 Å². The second-order valence-electron chi connectivity index (χ2n) is 7.80. The van der Waals surface area contributed by atoms with Gasteiger partial charge in [-0.1, -0.05) is 25.8 Å². The quantitative estimate of drug-likeness (QED) is 0.698. The molecule has 0 bridgehead atoms. The van der Waals surface area contributed by atoms with Gasteiger partial charge in [-0.25, -0.2) is 9.69 Å². The summed E-state index contributed by atoms with van der Waals surface area (Å²) < 4.78 is 34.5. The van der Waals surface area contributed by atoms with Gasteiger partial charge in [0.25, 0.3) is 5.91 Å². The van der Waals surface area contributed by atoms with Gasteiger partial charge in [-0.15, -0.1) is 0 Å². The van der Waals surface area contributed by atoms with Crippen LogP contribution >= 0.6 is 0 Å². The van der Waals surface area contributed by atoms with Gasteiger partial charge in [0.15, 0.2) is 11.5 Å². The van der Waals surface area contributed by atoms with Crippen LogP contribution in [0.15, 0.2) is 18.2 Å². The molecule has 2 atom stereocenters. The molecule has 1 saturated heterocycles. The molecule has 0 radical (unpaired) electrons. The first-order valence-corrected chi connectivity index (χ1v) is 9.71. The van der Waals surface area contributed by atoms with E-state index in [2.05, 4.69) is 10.1 Å². The van der Waals surface area contributed by atoms with E-state index in [-0.39, 0.29) is 36.0 Å². The van der Waals surface area contributed by atoms with Gasteiger partial charge < -0.3 is 14.8 Å². The number of halogens is 2. The zero-order chi connectivity index (χ0) is 21.2. The summed E-state index contributed by atoms with van der Waals surface area (Å²) in [6.45, 7) is -0.395. The van der Waals surface area contributed by atoms with Crippen LogP contribution in [0, 0.1) is 5.92 Å². The van der Waals surface area contributed by atoms with Crippen LogP contribution in [0.2, 0.25) is 0 Å². The first-order valence-electron chi connectivity index (χ1n) is 9.71. The molecule has 1 N–H and O–H groups in total. The Morgan fingerprint density at radius 3 is 2.72 bits per heavy atom. The zero-order valence-electron chi connectivity index (χ0n) is 16.9. The zero-order valence-corrected chi connectivity index (χ0v) is 16.9. The highest BCUT2D eigenvalue weighted by Gasteiger charge is 2.54. The number of nitrogens with zero attached hydrogens (tertiary/aromatic N) is 2. The molecule has 0 unspecified atom stereocenters. The predicted octanol–water partition coefficient (Wildman–Crippen LogP) is 3.19. The van der Waals surface area contributed by atoms with Gasteiger partial charge in [0.2, 0.25) is 0 Å². The maximum atomic E-state index is 13.0. The Morgan fingerprint density at radius 2 is 2.07 bits per heavy atom. The number of benzene rings is 1. The molecule has 1 heterocycles. The summed E-state index contributed by atoms with van der Waals surface area (Å²) in [5.41, 5.74) is -0.00744. The lowest BCUT2D eigenvalue weighted by atomic mass is 9.73. The topological polar surface area (TPSA) is 71.1 Å². The maximum absolute atomic E-state index is 13.0. The number of imide groups is 1. The highest BCUT2D eigenvalue weighted by atomic mass is 19.3. The number of carbonyl (C=O) groups is 2. The average molecular weight is 411 g/mol. The first kappa shape index (κ1) is 21.3. The number of methoxy groups -OCH3 is 1. The van der Waals surface area contributed by atoms with Crippen molar-refractivity contribution in [2.75, 3.05) is 20.8 Å². The van der Waals surface area contributed by atoms with Crippen LogP contribution in [0.25, 0.3) is 0 Å². The number of amides is 3. The number of ether oxygens (including phenoxy) is 2. The Bertz CT molecular complexity index is 776. The molecule has 2 fully saturated rings. The molecular formula is C20H27F2N3O4. The molecule has 160 valence electrons. The molecule has 1 aromatic carbocycles. The molecule has 1 saturated carbocycles. The van der Waals surface area contributed by atoms with E-state index in [9.17, 15) is 18.4 Å². The molecular weight excluding hydrogens is 384 g/mol. The summed E-state index contributed by atoms with van der Waals surface area (Å²) >= 11 is 0. The van der Waals surface area contributed by atoms with Crippen molar-refractivity contribution in [1.82, 2.24) is 15.1 Å². The highest BCUT2D eigenvalue weighted by Crippen LogP contribution is 2.38. The Hall–Kier alpha value is -2.42. The minimum Gasteiger partial charge on any atom is -0.493 e. The van der Waals surface area contributed by atoms with E-state index in [1.165, 1.54) is 18.1 Å². The summed E-state index contributed by atoms with van der Waals surface area (Å²) in [6, 6.07) is 4.30.